The van der Waals surface area contributed by atoms with Gasteiger partial charge in [-0.15, -0.1) is 0 Å². The number of hydrogen-bond acceptors (Lipinski definition) is 3. The molecule has 0 bridgehead atoms. The van der Waals surface area contributed by atoms with E-state index in [-0.39, 0.29) is 12.4 Å². The van der Waals surface area contributed by atoms with Crippen molar-refractivity contribution in [3.05, 3.63) is 28.2 Å². The van der Waals surface area contributed by atoms with Gasteiger partial charge in [0.2, 0.25) is 0 Å². The number of aliphatic hydroxyl groups is 1. The minimum atomic E-state index is -0.0285. The molecule has 0 aliphatic rings. The highest BCUT2D eigenvalue weighted by molar-refractivity contribution is 9.10. The molecule has 0 aliphatic carbocycles. The average molecular weight is 259 g/mol. The molecule has 0 heterocycles. The van der Waals surface area contributed by atoms with Gasteiger partial charge < -0.3 is 14.9 Å². The minimum Gasteiger partial charge on any atom is -0.503 e. The zero-order chi connectivity index (χ0) is 10.6. The third-order valence-electron chi connectivity index (χ3n) is 1.73. The van der Waals surface area contributed by atoms with Crippen molar-refractivity contribution < 1.29 is 14.9 Å². The number of methoxy groups -OCH3 is 1. The Hall–Kier alpha value is -1.00. The lowest BCUT2D eigenvalue weighted by atomic mass is 10.2. The van der Waals surface area contributed by atoms with E-state index in [0.717, 1.165) is 5.56 Å². The van der Waals surface area contributed by atoms with Crippen LogP contribution in [0.3, 0.4) is 0 Å². The average Bonchev–Trinajstić information content (AvgIpc) is 2.20. The van der Waals surface area contributed by atoms with Gasteiger partial charge in [0, 0.05) is 0 Å². The summed E-state index contributed by atoms with van der Waals surface area (Å²) in [5.41, 5.74) is 0.789. The van der Waals surface area contributed by atoms with E-state index in [0.29, 0.717) is 10.2 Å². The Kier molecular flexibility index (Phi) is 3.98. The molecule has 0 amide bonds. The molecule has 2 N–H and O–H groups in total. The molecule has 3 nitrogen and oxygen atoms in total. The Morgan fingerprint density at radius 1 is 1.50 bits per heavy atom. The second kappa shape index (κ2) is 5.02. The second-order valence-corrected chi connectivity index (χ2v) is 3.40. The molecule has 0 saturated heterocycles. The van der Waals surface area contributed by atoms with Crippen LogP contribution in [0.1, 0.15) is 5.56 Å². The molecule has 4 heteroatoms. The predicted octanol–water partition coefficient (Wildman–Crippen LogP) is 2.17. The number of hydrogen-bond donors (Lipinski definition) is 2. The fraction of sp³-hybridized carbons (Fsp3) is 0.200. The Morgan fingerprint density at radius 2 is 2.21 bits per heavy atom. The summed E-state index contributed by atoms with van der Waals surface area (Å²) < 4.78 is 5.49. The van der Waals surface area contributed by atoms with Crippen LogP contribution in [0.15, 0.2) is 22.7 Å². The van der Waals surface area contributed by atoms with Crippen LogP contribution in [0.5, 0.6) is 11.5 Å². The molecule has 1 aromatic carbocycles. The van der Waals surface area contributed by atoms with Crippen LogP contribution < -0.4 is 4.74 Å². The highest BCUT2D eigenvalue weighted by Gasteiger charge is 2.08. The van der Waals surface area contributed by atoms with Gasteiger partial charge in [-0.05, 0) is 33.6 Å². The fourth-order valence-corrected chi connectivity index (χ4v) is 1.50. The van der Waals surface area contributed by atoms with E-state index in [2.05, 4.69) is 15.9 Å². The number of ether oxygens (including phenoxy) is 1. The number of rotatable bonds is 3. The van der Waals surface area contributed by atoms with E-state index in [4.69, 9.17) is 9.84 Å². The molecular formula is C10H11BrO3. The Labute approximate surface area is 90.8 Å². The molecule has 0 atom stereocenters. The van der Waals surface area contributed by atoms with Crippen molar-refractivity contribution >= 4 is 22.0 Å². The first-order valence-corrected chi connectivity index (χ1v) is 4.83. The topological polar surface area (TPSA) is 49.7 Å². The van der Waals surface area contributed by atoms with Gasteiger partial charge in [-0.3, -0.25) is 0 Å². The molecular weight excluding hydrogens is 248 g/mol. The van der Waals surface area contributed by atoms with Crippen molar-refractivity contribution in [1.82, 2.24) is 0 Å². The number of aromatic hydroxyl groups is 1. The van der Waals surface area contributed by atoms with Gasteiger partial charge in [0.25, 0.3) is 0 Å². The molecule has 0 aliphatic heterocycles. The molecule has 0 spiro atoms. The minimum absolute atomic E-state index is 0.0285. The summed E-state index contributed by atoms with van der Waals surface area (Å²) in [7, 11) is 1.49. The van der Waals surface area contributed by atoms with Crippen LogP contribution in [0.4, 0.5) is 0 Å². The third kappa shape index (κ3) is 2.27. The lowest BCUT2D eigenvalue weighted by Gasteiger charge is -2.06. The van der Waals surface area contributed by atoms with Gasteiger partial charge in [0.05, 0.1) is 18.2 Å². The zero-order valence-corrected chi connectivity index (χ0v) is 9.28. The molecule has 0 fully saturated rings. The quantitative estimate of drug-likeness (QED) is 0.874. The predicted molar refractivity (Wildman–Crippen MR) is 58.5 cm³/mol. The molecule has 14 heavy (non-hydrogen) atoms. The maximum absolute atomic E-state index is 9.61. The molecule has 0 radical (unpaired) electrons. The molecule has 1 rings (SSSR count). The van der Waals surface area contributed by atoms with Crippen LogP contribution in [-0.2, 0) is 0 Å². The van der Waals surface area contributed by atoms with Gasteiger partial charge in [0.15, 0.2) is 11.5 Å². The Bertz CT molecular complexity index is 347. The number of benzene rings is 1. The van der Waals surface area contributed by atoms with Crippen LogP contribution in [-0.4, -0.2) is 23.9 Å². The van der Waals surface area contributed by atoms with Crippen LogP contribution in [0, 0.1) is 0 Å². The summed E-state index contributed by atoms with van der Waals surface area (Å²) in [6.45, 7) is -0.0285. The van der Waals surface area contributed by atoms with E-state index < -0.39 is 0 Å². The largest absolute Gasteiger partial charge is 0.503 e. The normalized spacial score (nSPS) is 10.8. The highest BCUT2D eigenvalue weighted by atomic mass is 79.9. The van der Waals surface area contributed by atoms with Crippen molar-refractivity contribution in [1.29, 1.82) is 0 Å². The summed E-state index contributed by atoms with van der Waals surface area (Å²) in [6, 6.07) is 3.45. The van der Waals surface area contributed by atoms with Gasteiger partial charge in [-0.2, -0.15) is 0 Å². The molecule has 0 aromatic heterocycles. The first-order valence-electron chi connectivity index (χ1n) is 4.03. The van der Waals surface area contributed by atoms with E-state index in [1.165, 1.54) is 7.11 Å². The molecule has 76 valence electrons. The number of aliphatic hydroxyl groups excluding tert-OH is 1. The first kappa shape index (κ1) is 11.1. The third-order valence-corrected chi connectivity index (χ3v) is 2.57. The Morgan fingerprint density at radius 3 is 2.79 bits per heavy atom. The van der Waals surface area contributed by atoms with Crippen LogP contribution in [0.2, 0.25) is 0 Å². The standard InChI is InChI=1S/C10H11BrO3/c1-14-8-5-4-7(3-2-6-12)9(11)10(8)13/h2-5,12-13H,6H2,1H3. The van der Waals surface area contributed by atoms with Gasteiger partial charge in [-0.1, -0.05) is 12.2 Å². The number of phenols is 1. The maximum atomic E-state index is 9.61. The maximum Gasteiger partial charge on any atom is 0.172 e. The van der Waals surface area contributed by atoms with Crippen LogP contribution in [0.25, 0.3) is 6.08 Å². The number of phenolic OH excluding ortho intramolecular Hbond substituents is 1. The highest BCUT2D eigenvalue weighted by Crippen LogP contribution is 2.36. The number of halogens is 1. The SMILES string of the molecule is COc1ccc(C=CCO)c(Br)c1O. The van der Waals surface area contributed by atoms with Crippen molar-refractivity contribution in [3.63, 3.8) is 0 Å². The lowest BCUT2D eigenvalue weighted by molar-refractivity contribution is 0.343. The van der Waals surface area contributed by atoms with E-state index >= 15 is 0 Å². The van der Waals surface area contributed by atoms with Gasteiger partial charge >= 0.3 is 0 Å². The van der Waals surface area contributed by atoms with Crippen molar-refractivity contribution in [3.8, 4) is 11.5 Å². The van der Waals surface area contributed by atoms with Crippen molar-refractivity contribution in [2.24, 2.45) is 0 Å². The summed E-state index contributed by atoms with van der Waals surface area (Å²) in [5, 5.41) is 18.2. The zero-order valence-electron chi connectivity index (χ0n) is 7.70. The Balaban J connectivity index is 3.10. The lowest BCUT2D eigenvalue weighted by Crippen LogP contribution is -1.86. The van der Waals surface area contributed by atoms with E-state index in [1.54, 1.807) is 24.3 Å². The second-order valence-electron chi connectivity index (χ2n) is 2.60. The monoisotopic (exact) mass is 258 g/mol. The van der Waals surface area contributed by atoms with Crippen molar-refractivity contribution in [2.45, 2.75) is 0 Å². The summed E-state index contributed by atoms with van der Waals surface area (Å²) in [6.07, 6.45) is 3.30. The molecule has 0 unspecified atom stereocenters. The molecule has 0 saturated carbocycles. The first-order chi connectivity index (χ1) is 6.70. The van der Waals surface area contributed by atoms with Crippen LogP contribution >= 0.6 is 15.9 Å². The summed E-state index contributed by atoms with van der Waals surface area (Å²) in [4.78, 5) is 0. The van der Waals surface area contributed by atoms with Crippen molar-refractivity contribution in [2.75, 3.05) is 13.7 Å². The van der Waals surface area contributed by atoms with Gasteiger partial charge in [0.1, 0.15) is 0 Å². The smallest absolute Gasteiger partial charge is 0.172 e. The van der Waals surface area contributed by atoms with E-state index in [1.807, 2.05) is 0 Å². The summed E-state index contributed by atoms with van der Waals surface area (Å²) in [5.74, 6) is 0.477. The summed E-state index contributed by atoms with van der Waals surface area (Å²) >= 11 is 3.24. The van der Waals surface area contributed by atoms with E-state index in [9.17, 15) is 5.11 Å². The fourth-order valence-electron chi connectivity index (χ4n) is 1.04. The van der Waals surface area contributed by atoms with Gasteiger partial charge in [-0.25, -0.2) is 0 Å². The molecule has 1 aromatic rings.